The molecule has 0 aromatic rings. The van der Waals surface area contributed by atoms with Crippen molar-refractivity contribution in [3.05, 3.63) is 0 Å². The zero-order valence-corrected chi connectivity index (χ0v) is 12.9. The Balaban J connectivity index is 2.13. The molecule has 1 rings (SSSR count). The van der Waals surface area contributed by atoms with Gasteiger partial charge in [-0.2, -0.15) is 0 Å². The van der Waals surface area contributed by atoms with Gasteiger partial charge in [0.05, 0.1) is 0 Å². The Morgan fingerprint density at radius 2 is 1.60 bits per heavy atom. The van der Waals surface area contributed by atoms with Crippen molar-refractivity contribution in [1.29, 1.82) is 0 Å². The van der Waals surface area contributed by atoms with Crippen molar-refractivity contribution in [2.45, 2.75) is 58.3 Å². The van der Waals surface area contributed by atoms with Gasteiger partial charge in [0.15, 0.2) is 0 Å². The van der Waals surface area contributed by atoms with E-state index in [-0.39, 0.29) is 5.91 Å². The molecule has 1 aliphatic carbocycles. The van der Waals surface area contributed by atoms with Crippen molar-refractivity contribution in [1.82, 2.24) is 0 Å². The van der Waals surface area contributed by atoms with Gasteiger partial charge in [-0.25, -0.2) is 0 Å². The molecule has 1 amide bonds. The number of unbranched alkanes of at least 4 members (excludes halogenated alkanes) is 1. The van der Waals surface area contributed by atoms with Gasteiger partial charge >= 0.3 is 0 Å². The van der Waals surface area contributed by atoms with Crippen molar-refractivity contribution in [3.63, 3.8) is 0 Å². The molecule has 2 N–H and O–H groups in total. The van der Waals surface area contributed by atoms with Crippen LogP contribution < -0.4 is 5.73 Å². The molecule has 0 aliphatic heterocycles. The molecule has 1 fully saturated rings. The molecule has 0 saturated heterocycles. The zero-order valence-electron chi connectivity index (χ0n) is 12.9. The van der Waals surface area contributed by atoms with Gasteiger partial charge in [0.25, 0.3) is 0 Å². The summed E-state index contributed by atoms with van der Waals surface area (Å²) in [7, 11) is 0. The molecule has 20 heavy (non-hydrogen) atoms. The quantitative estimate of drug-likeness (QED) is 0.594. The summed E-state index contributed by atoms with van der Waals surface area (Å²) < 4.78 is 11.5. The molecule has 1 saturated carbocycles. The Morgan fingerprint density at radius 1 is 1.05 bits per heavy atom. The zero-order chi connectivity index (χ0) is 14.6. The maximum Gasteiger partial charge on any atom is 0.217 e. The highest BCUT2D eigenvalue weighted by molar-refractivity contribution is 5.73. The predicted molar refractivity (Wildman–Crippen MR) is 80.4 cm³/mol. The summed E-state index contributed by atoms with van der Waals surface area (Å²) in [5.41, 5.74) is 5.11. The average molecular weight is 285 g/mol. The van der Waals surface area contributed by atoms with Crippen LogP contribution in [0.3, 0.4) is 0 Å². The van der Waals surface area contributed by atoms with E-state index in [1.54, 1.807) is 0 Å². The minimum absolute atomic E-state index is 0.242. The number of rotatable bonds is 11. The molecule has 0 heterocycles. The third-order valence-electron chi connectivity index (χ3n) is 4.08. The number of amides is 1. The lowest BCUT2D eigenvalue weighted by molar-refractivity contribution is -0.118. The number of carbonyl (C=O) groups excluding carboxylic acids is 1. The summed E-state index contributed by atoms with van der Waals surface area (Å²) in [6.45, 7) is 5.41. The van der Waals surface area contributed by atoms with Crippen LogP contribution in [0.5, 0.6) is 0 Å². The Kier molecular flexibility index (Phi) is 9.67. The van der Waals surface area contributed by atoms with Crippen LogP contribution in [0.15, 0.2) is 0 Å². The van der Waals surface area contributed by atoms with Crippen molar-refractivity contribution in [3.8, 4) is 0 Å². The van der Waals surface area contributed by atoms with Crippen LogP contribution in [0.1, 0.15) is 58.3 Å². The Bertz CT molecular complexity index is 258. The molecule has 0 aromatic carbocycles. The minimum Gasteiger partial charge on any atom is -0.381 e. The largest absolute Gasteiger partial charge is 0.381 e. The summed E-state index contributed by atoms with van der Waals surface area (Å²) in [5.74, 6) is 1.03. The predicted octanol–water partition coefficient (Wildman–Crippen LogP) is 2.89. The summed E-state index contributed by atoms with van der Waals surface area (Å²) in [5, 5.41) is 0. The molecule has 118 valence electrons. The normalized spacial score (nSPS) is 22.9. The third-order valence-corrected chi connectivity index (χ3v) is 4.08. The number of carbonyl (C=O) groups is 1. The van der Waals surface area contributed by atoms with Crippen LogP contribution in [-0.2, 0) is 14.3 Å². The standard InChI is InChI=1S/C16H31NO3/c1-2-3-10-19-12-14-7-4-5-8-15(14)13-20-11-6-9-16(17)18/h14-15H,2-13H2,1H3,(H2,17,18)/t14-,15+/m1/s1. The SMILES string of the molecule is CCCCOC[C@H]1CCCC[C@H]1COCCCC(N)=O. The van der Waals surface area contributed by atoms with Crippen LogP contribution in [0.2, 0.25) is 0 Å². The fourth-order valence-electron chi connectivity index (χ4n) is 2.79. The smallest absolute Gasteiger partial charge is 0.217 e. The Labute approximate surface area is 123 Å². The number of primary amides is 1. The second-order valence-corrected chi connectivity index (χ2v) is 5.88. The second-order valence-electron chi connectivity index (χ2n) is 5.88. The lowest BCUT2D eigenvalue weighted by Gasteiger charge is -2.31. The van der Waals surface area contributed by atoms with Gasteiger partial charge < -0.3 is 15.2 Å². The van der Waals surface area contributed by atoms with E-state index in [1.807, 2.05) is 0 Å². The molecule has 0 radical (unpaired) electrons. The first-order valence-electron chi connectivity index (χ1n) is 8.17. The molecular formula is C16H31NO3. The first kappa shape index (κ1) is 17.4. The van der Waals surface area contributed by atoms with Crippen LogP contribution in [0.25, 0.3) is 0 Å². The first-order chi connectivity index (χ1) is 9.74. The topological polar surface area (TPSA) is 61.6 Å². The second kappa shape index (κ2) is 11.1. The maximum absolute atomic E-state index is 10.6. The Hall–Kier alpha value is -0.610. The summed E-state index contributed by atoms with van der Waals surface area (Å²) in [6, 6.07) is 0. The summed E-state index contributed by atoms with van der Waals surface area (Å²) in [4.78, 5) is 10.6. The molecule has 0 aromatic heterocycles. The van der Waals surface area contributed by atoms with Crippen molar-refractivity contribution < 1.29 is 14.3 Å². The number of ether oxygens (including phenoxy) is 2. The molecule has 4 nitrogen and oxygen atoms in total. The van der Waals surface area contributed by atoms with Crippen molar-refractivity contribution in [2.24, 2.45) is 17.6 Å². The van der Waals surface area contributed by atoms with Gasteiger partial charge in [0, 0.05) is 32.8 Å². The highest BCUT2D eigenvalue weighted by atomic mass is 16.5. The van der Waals surface area contributed by atoms with Crippen LogP contribution >= 0.6 is 0 Å². The highest BCUT2D eigenvalue weighted by Crippen LogP contribution is 2.30. The lowest BCUT2D eigenvalue weighted by Crippen LogP contribution is -2.28. The van der Waals surface area contributed by atoms with Gasteiger partial charge in [-0.05, 0) is 37.5 Å². The lowest BCUT2D eigenvalue weighted by atomic mass is 9.80. The highest BCUT2D eigenvalue weighted by Gasteiger charge is 2.25. The van der Waals surface area contributed by atoms with E-state index in [9.17, 15) is 4.79 Å². The third kappa shape index (κ3) is 7.85. The van der Waals surface area contributed by atoms with Gasteiger partial charge in [-0.1, -0.05) is 26.2 Å². The summed E-state index contributed by atoms with van der Waals surface area (Å²) in [6.07, 6.45) is 8.64. The van der Waals surface area contributed by atoms with Crippen molar-refractivity contribution in [2.75, 3.05) is 26.4 Å². The van der Waals surface area contributed by atoms with Crippen molar-refractivity contribution >= 4 is 5.91 Å². The van der Waals surface area contributed by atoms with E-state index in [0.29, 0.717) is 24.9 Å². The fraction of sp³-hybridized carbons (Fsp3) is 0.938. The number of hydrogen-bond donors (Lipinski definition) is 1. The van der Waals surface area contributed by atoms with Crippen LogP contribution in [0, 0.1) is 11.8 Å². The van der Waals surface area contributed by atoms with E-state index in [1.165, 1.54) is 32.1 Å². The van der Waals surface area contributed by atoms with Crippen LogP contribution in [-0.4, -0.2) is 32.3 Å². The van der Waals surface area contributed by atoms with Gasteiger partial charge in [0.1, 0.15) is 0 Å². The molecule has 1 aliphatic rings. The van der Waals surface area contributed by atoms with E-state index in [4.69, 9.17) is 15.2 Å². The van der Waals surface area contributed by atoms with E-state index >= 15 is 0 Å². The molecule has 4 heteroatoms. The number of hydrogen-bond acceptors (Lipinski definition) is 3. The monoisotopic (exact) mass is 285 g/mol. The fourth-order valence-corrected chi connectivity index (χ4v) is 2.79. The number of nitrogens with two attached hydrogens (primary N) is 1. The van der Waals surface area contributed by atoms with E-state index in [2.05, 4.69) is 6.92 Å². The average Bonchev–Trinajstić information content (AvgIpc) is 2.44. The van der Waals surface area contributed by atoms with E-state index < -0.39 is 0 Å². The minimum atomic E-state index is -0.242. The molecule has 0 bridgehead atoms. The maximum atomic E-state index is 10.6. The van der Waals surface area contributed by atoms with E-state index in [0.717, 1.165) is 32.7 Å². The molecule has 0 unspecified atom stereocenters. The van der Waals surface area contributed by atoms with Crippen LogP contribution in [0.4, 0.5) is 0 Å². The molecule has 2 atom stereocenters. The van der Waals surface area contributed by atoms with Gasteiger partial charge in [0.2, 0.25) is 5.91 Å². The first-order valence-corrected chi connectivity index (χ1v) is 8.17. The van der Waals surface area contributed by atoms with Gasteiger partial charge in [-0.15, -0.1) is 0 Å². The Morgan fingerprint density at radius 3 is 2.10 bits per heavy atom. The molecular weight excluding hydrogens is 254 g/mol. The summed E-state index contributed by atoms with van der Waals surface area (Å²) >= 11 is 0. The molecule has 0 spiro atoms. The van der Waals surface area contributed by atoms with Gasteiger partial charge in [-0.3, -0.25) is 4.79 Å².